The van der Waals surface area contributed by atoms with Crippen LogP contribution >= 0.6 is 11.6 Å². The Hall–Kier alpha value is -3.69. The number of para-hydroxylation sites is 1. The lowest BCUT2D eigenvalue weighted by Crippen LogP contribution is -2.46. The average molecular weight is 508 g/mol. The molecule has 5 rings (SSSR count). The molecule has 1 N–H and O–H groups in total. The van der Waals surface area contributed by atoms with Gasteiger partial charge in [-0.1, -0.05) is 47.1 Å². The number of hydrogen-bond acceptors (Lipinski definition) is 6. The largest absolute Gasteiger partial charge is 0.467 e. The summed E-state index contributed by atoms with van der Waals surface area (Å²) in [4.78, 5) is 28.8. The third kappa shape index (κ3) is 5.27. The molecule has 1 aliphatic rings. The third-order valence-corrected chi connectivity index (χ3v) is 6.59. The summed E-state index contributed by atoms with van der Waals surface area (Å²) in [5.41, 5.74) is 2.11. The smallest absolute Gasteiger partial charge is 0.250 e. The number of hydrogen-bond donors (Lipinski definition) is 1. The maximum Gasteiger partial charge on any atom is 0.250 e. The van der Waals surface area contributed by atoms with Crippen LogP contribution in [0.2, 0.25) is 5.02 Å². The maximum atomic E-state index is 13.8. The molecule has 186 valence electrons. The average Bonchev–Trinajstić information content (AvgIpc) is 3.67. The Labute approximate surface area is 213 Å². The number of fused-ring (bicyclic) bond motifs is 1. The van der Waals surface area contributed by atoms with Gasteiger partial charge in [0.05, 0.1) is 17.9 Å². The molecule has 2 amide bonds. The van der Waals surface area contributed by atoms with E-state index in [1.54, 1.807) is 18.2 Å². The van der Waals surface area contributed by atoms with Crippen molar-refractivity contribution in [2.75, 3.05) is 13.2 Å². The van der Waals surface area contributed by atoms with Gasteiger partial charge < -0.3 is 19.4 Å². The van der Waals surface area contributed by atoms with Crippen LogP contribution in [0.3, 0.4) is 0 Å². The van der Waals surface area contributed by atoms with Crippen LogP contribution in [0, 0.1) is 0 Å². The van der Waals surface area contributed by atoms with E-state index in [4.69, 9.17) is 20.8 Å². The first-order valence-electron chi connectivity index (χ1n) is 11.8. The number of rotatable bonds is 9. The molecule has 2 aromatic heterocycles. The molecule has 2 aromatic carbocycles. The fraction of sp³-hybridized carbons (Fsp3) is 0.308. The zero-order valence-corrected chi connectivity index (χ0v) is 20.3. The van der Waals surface area contributed by atoms with Crippen molar-refractivity contribution in [1.82, 2.24) is 25.2 Å². The lowest BCUT2D eigenvalue weighted by Gasteiger charge is -2.30. The Kier molecular flexibility index (Phi) is 7.29. The lowest BCUT2D eigenvalue weighted by atomic mass is 10.1. The molecule has 2 atom stereocenters. The van der Waals surface area contributed by atoms with Gasteiger partial charge in [-0.05, 0) is 48.7 Å². The van der Waals surface area contributed by atoms with Crippen molar-refractivity contribution in [3.63, 3.8) is 0 Å². The van der Waals surface area contributed by atoms with Crippen LogP contribution in [-0.4, -0.2) is 51.0 Å². The molecule has 9 nitrogen and oxygen atoms in total. The number of amides is 2. The SMILES string of the molecule is O=C(NC[C@H]1CCCO1)[C@H](c1ccco1)N(Cc1ccccc1Cl)C(=O)Cn1nnc2ccccc21. The van der Waals surface area contributed by atoms with Crippen LogP contribution in [0.1, 0.15) is 30.2 Å². The van der Waals surface area contributed by atoms with Gasteiger partial charge in [0.1, 0.15) is 17.8 Å². The quantitative estimate of drug-likeness (QED) is 0.370. The normalized spacial score (nSPS) is 16.2. The fourth-order valence-corrected chi connectivity index (χ4v) is 4.57. The molecular formula is C26H26ClN5O4. The summed E-state index contributed by atoms with van der Waals surface area (Å²) in [5.74, 6) is -0.341. The van der Waals surface area contributed by atoms with Gasteiger partial charge in [-0.15, -0.1) is 5.10 Å². The van der Waals surface area contributed by atoms with Gasteiger partial charge >= 0.3 is 0 Å². The van der Waals surface area contributed by atoms with Crippen LogP contribution in [0.15, 0.2) is 71.3 Å². The lowest BCUT2D eigenvalue weighted by molar-refractivity contribution is -0.143. The minimum Gasteiger partial charge on any atom is -0.467 e. The molecule has 1 saturated heterocycles. The van der Waals surface area contributed by atoms with Crippen molar-refractivity contribution in [3.05, 3.63) is 83.3 Å². The Balaban J connectivity index is 1.47. The summed E-state index contributed by atoms with van der Waals surface area (Å²) in [6.07, 6.45) is 3.29. The highest BCUT2D eigenvalue weighted by Crippen LogP contribution is 2.27. The monoisotopic (exact) mass is 507 g/mol. The summed E-state index contributed by atoms with van der Waals surface area (Å²) in [6, 6.07) is 17.0. The highest BCUT2D eigenvalue weighted by molar-refractivity contribution is 6.31. The van der Waals surface area contributed by atoms with Crippen LogP contribution in [0.5, 0.6) is 0 Å². The number of halogens is 1. The molecule has 4 aromatic rings. The van der Waals surface area contributed by atoms with Gasteiger partial charge in [-0.2, -0.15) is 0 Å². The van der Waals surface area contributed by atoms with Gasteiger partial charge in [0, 0.05) is 24.7 Å². The molecule has 1 aliphatic heterocycles. The van der Waals surface area contributed by atoms with Crippen molar-refractivity contribution in [1.29, 1.82) is 0 Å². The summed E-state index contributed by atoms with van der Waals surface area (Å²) >= 11 is 6.44. The summed E-state index contributed by atoms with van der Waals surface area (Å²) in [5, 5.41) is 11.7. The fourth-order valence-electron chi connectivity index (χ4n) is 4.37. The van der Waals surface area contributed by atoms with Crippen LogP contribution in [0.25, 0.3) is 11.0 Å². The van der Waals surface area contributed by atoms with E-state index in [0.717, 1.165) is 18.4 Å². The van der Waals surface area contributed by atoms with Gasteiger partial charge in [-0.25, -0.2) is 4.68 Å². The Morgan fingerprint density at radius 3 is 2.75 bits per heavy atom. The predicted molar refractivity (Wildman–Crippen MR) is 133 cm³/mol. The van der Waals surface area contributed by atoms with E-state index in [0.29, 0.717) is 35.0 Å². The number of nitrogens with zero attached hydrogens (tertiary/aromatic N) is 4. The molecule has 0 radical (unpaired) electrons. The second kappa shape index (κ2) is 10.9. The Morgan fingerprint density at radius 1 is 1.14 bits per heavy atom. The second-order valence-electron chi connectivity index (χ2n) is 8.65. The molecule has 10 heteroatoms. The first-order valence-corrected chi connectivity index (χ1v) is 12.2. The minimum absolute atomic E-state index is 0.0413. The van der Waals surface area contributed by atoms with Gasteiger partial charge in [-0.3, -0.25) is 9.59 Å². The highest BCUT2D eigenvalue weighted by Gasteiger charge is 2.35. The molecule has 0 unspecified atom stereocenters. The Morgan fingerprint density at radius 2 is 1.97 bits per heavy atom. The van der Waals surface area contributed by atoms with Crippen LogP contribution in [-0.2, 0) is 27.4 Å². The second-order valence-corrected chi connectivity index (χ2v) is 9.05. The third-order valence-electron chi connectivity index (χ3n) is 6.22. The number of carbonyl (C=O) groups excluding carboxylic acids is 2. The van der Waals surface area contributed by atoms with Crippen molar-refractivity contribution < 1.29 is 18.7 Å². The molecule has 1 fully saturated rings. The molecule has 36 heavy (non-hydrogen) atoms. The Bertz CT molecular complexity index is 1330. The first kappa shape index (κ1) is 24.0. The first-order chi connectivity index (χ1) is 17.6. The molecular weight excluding hydrogens is 482 g/mol. The van der Waals surface area contributed by atoms with Gasteiger partial charge in [0.25, 0.3) is 5.91 Å². The number of ether oxygens (including phenoxy) is 1. The zero-order valence-electron chi connectivity index (χ0n) is 19.5. The minimum atomic E-state index is -1.01. The standard InChI is InChI=1S/C26H26ClN5O4/c27-20-9-2-1-7-18(20)16-31(24(33)17-32-22-11-4-3-10-21(22)29-30-32)25(23-12-6-14-36-23)26(34)28-15-19-8-5-13-35-19/h1-4,6-7,9-12,14,19,25H,5,8,13,15-17H2,(H,28,34)/t19-,25+/m1/s1. The number of aromatic nitrogens is 3. The number of furan rings is 1. The van der Waals surface area contributed by atoms with Crippen LogP contribution in [0.4, 0.5) is 0 Å². The van der Waals surface area contributed by atoms with E-state index < -0.39 is 6.04 Å². The van der Waals surface area contributed by atoms with E-state index in [-0.39, 0.29) is 31.0 Å². The van der Waals surface area contributed by atoms with Gasteiger partial charge in [0.15, 0.2) is 6.04 Å². The van der Waals surface area contributed by atoms with E-state index >= 15 is 0 Å². The van der Waals surface area contributed by atoms with Crippen molar-refractivity contribution in [2.45, 2.75) is 38.1 Å². The van der Waals surface area contributed by atoms with Crippen molar-refractivity contribution in [3.8, 4) is 0 Å². The topological polar surface area (TPSA) is 102 Å². The maximum absolute atomic E-state index is 13.8. The highest BCUT2D eigenvalue weighted by atomic mass is 35.5. The molecule has 0 saturated carbocycles. The van der Waals surface area contributed by atoms with E-state index in [9.17, 15) is 9.59 Å². The molecule has 3 heterocycles. The predicted octanol–water partition coefficient (Wildman–Crippen LogP) is 3.74. The summed E-state index contributed by atoms with van der Waals surface area (Å²) in [7, 11) is 0. The van der Waals surface area contributed by atoms with Gasteiger partial charge in [0.2, 0.25) is 5.91 Å². The van der Waals surface area contributed by atoms with Crippen molar-refractivity contribution in [2.24, 2.45) is 0 Å². The van der Waals surface area contributed by atoms with E-state index in [1.807, 2.05) is 42.5 Å². The van der Waals surface area contributed by atoms with E-state index in [2.05, 4.69) is 15.6 Å². The van der Waals surface area contributed by atoms with E-state index in [1.165, 1.54) is 15.8 Å². The van der Waals surface area contributed by atoms with Crippen molar-refractivity contribution >= 4 is 34.4 Å². The summed E-state index contributed by atoms with van der Waals surface area (Å²) in [6.45, 7) is 1.04. The summed E-state index contributed by atoms with van der Waals surface area (Å²) < 4.78 is 12.8. The zero-order chi connectivity index (χ0) is 24.9. The molecule has 0 spiro atoms. The molecule has 0 aliphatic carbocycles. The number of benzene rings is 2. The number of nitrogens with one attached hydrogen (secondary N) is 1. The number of carbonyl (C=O) groups is 2. The van der Waals surface area contributed by atoms with Crippen LogP contribution < -0.4 is 5.32 Å². The molecule has 0 bridgehead atoms.